The van der Waals surface area contributed by atoms with E-state index < -0.39 is 0 Å². The Morgan fingerprint density at radius 3 is 2.50 bits per heavy atom. The Morgan fingerprint density at radius 2 is 2.06 bits per heavy atom. The van der Waals surface area contributed by atoms with Crippen molar-refractivity contribution in [2.75, 3.05) is 27.2 Å². The van der Waals surface area contributed by atoms with Crippen LogP contribution in [0.15, 0.2) is 0 Å². The number of nitrogens with one attached hydrogen (secondary N) is 1. The molecule has 0 unspecified atom stereocenters. The Morgan fingerprint density at radius 1 is 1.38 bits per heavy atom. The number of aliphatic hydroxyl groups is 1. The summed E-state index contributed by atoms with van der Waals surface area (Å²) in [6.45, 7) is 0.937. The molecule has 0 aromatic heterocycles. The van der Waals surface area contributed by atoms with E-state index in [0.29, 0.717) is 12.8 Å². The van der Waals surface area contributed by atoms with E-state index in [2.05, 4.69) is 24.3 Å². The summed E-state index contributed by atoms with van der Waals surface area (Å²) in [5.41, 5.74) is 0.201. The molecular weight excluding hydrogens is 204 g/mol. The number of hydrogen-bond donors (Lipinski definition) is 2. The van der Waals surface area contributed by atoms with Gasteiger partial charge in [-0.25, -0.2) is 0 Å². The van der Waals surface area contributed by atoms with E-state index in [1.807, 2.05) is 0 Å². The first kappa shape index (κ1) is 13.5. The molecule has 1 fully saturated rings. The fourth-order valence-corrected chi connectivity index (χ4v) is 2.12. The highest BCUT2D eigenvalue weighted by atomic mass is 16.2. The van der Waals surface area contributed by atoms with Crippen molar-refractivity contribution in [1.29, 1.82) is 0 Å². The van der Waals surface area contributed by atoms with Crippen molar-refractivity contribution in [2.24, 2.45) is 0 Å². The van der Waals surface area contributed by atoms with Gasteiger partial charge in [0.2, 0.25) is 5.91 Å². The lowest BCUT2D eigenvalue weighted by molar-refractivity contribution is -0.122. The summed E-state index contributed by atoms with van der Waals surface area (Å²) in [5.74, 6) is 0.113. The second-order valence-corrected chi connectivity index (χ2v) is 4.93. The molecule has 94 valence electrons. The largest absolute Gasteiger partial charge is 0.396 e. The highest BCUT2D eigenvalue weighted by Crippen LogP contribution is 2.35. The van der Waals surface area contributed by atoms with Crippen LogP contribution in [0.1, 0.15) is 38.5 Å². The van der Waals surface area contributed by atoms with Crippen molar-refractivity contribution in [2.45, 2.75) is 44.1 Å². The fourth-order valence-electron chi connectivity index (χ4n) is 2.12. The average molecular weight is 228 g/mol. The zero-order valence-electron chi connectivity index (χ0n) is 10.5. The predicted octanol–water partition coefficient (Wildman–Crippen LogP) is 0.749. The highest BCUT2D eigenvalue weighted by molar-refractivity contribution is 5.75. The summed E-state index contributed by atoms with van der Waals surface area (Å²) >= 11 is 0. The smallest absolute Gasteiger partial charge is 0.220 e. The molecule has 4 heteroatoms. The van der Waals surface area contributed by atoms with Crippen molar-refractivity contribution >= 4 is 5.91 Å². The minimum atomic E-state index is 0.113. The van der Waals surface area contributed by atoms with E-state index in [1.54, 1.807) is 0 Å². The molecule has 0 radical (unpaired) electrons. The molecule has 0 bridgehead atoms. The Bertz CT molecular complexity index is 225. The molecule has 0 aliphatic heterocycles. The first-order valence-electron chi connectivity index (χ1n) is 6.16. The van der Waals surface area contributed by atoms with Gasteiger partial charge in [-0.3, -0.25) is 4.79 Å². The van der Waals surface area contributed by atoms with Gasteiger partial charge in [-0.05, 0) is 46.2 Å². The van der Waals surface area contributed by atoms with Gasteiger partial charge < -0.3 is 15.3 Å². The topological polar surface area (TPSA) is 52.6 Å². The number of hydrogen-bond acceptors (Lipinski definition) is 3. The molecular formula is C12H24N2O2. The van der Waals surface area contributed by atoms with Gasteiger partial charge in [-0.1, -0.05) is 0 Å². The van der Waals surface area contributed by atoms with Crippen LogP contribution >= 0.6 is 0 Å². The maximum absolute atomic E-state index is 11.5. The molecule has 1 rings (SSSR count). The van der Waals surface area contributed by atoms with Crippen LogP contribution in [-0.2, 0) is 4.79 Å². The van der Waals surface area contributed by atoms with Gasteiger partial charge in [0.1, 0.15) is 0 Å². The van der Waals surface area contributed by atoms with Crippen molar-refractivity contribution in [3.8, 4) is 0 Å². The van der Waals surface area contributed by atoms with Gasteiger partial charge in [-0.2, -0.15) is 0 Å². The van der Waals surface area contributed by atoms with Crippen molar-refractivity contribution in [3.63, 3.8) is 0 Å². The first-order valence-corrected chi connectivity index (χ1v) is 6.16. The molecule has 0 atom stereocenters. The number of amides is 1. The molecule has 0 heterocycles. The minimum absolute atomic E-state index is 0.113. The highest BCUT2D eigenvalue weighted by Gasteiger charge is 2.38. The van der Waals surface area contributed by atoms with Crippen LogP contribution in [-0.4, -0.2) is 48.7 Å². The number of likely N-dealkylation sites (N-methyl/N-ethyl adjacent to an activating group) is 1. The Hall–Kier alpha value is -0.610. The van der Waals surface area contributed by atoms with E-state index >= 15 is 0 Å². The number of nitrogens with zero attached hydrogens (tertiary/aromatic N) is 1. The average Bonchev–Trinajstić information content (AvgIpc) is 2.16. The van der Waals surface area contributed by atoms with Gasteiger partial charge in [0.25, 0.3) is 0 Å². The SMILES string of the molecule is CN(C)C1(CNC(=O)CCCCO)CCC1. The summed E-state index contributed by atoms with van der Waals surface area (Å²) in [4.78, 5) is 13.7. The van der Waals surface area contributed by atoms with Gasteiger partial charge in [0.15, 0.2) is 0 Å². The Balaban J connectivity index is 2.20. The van der Waals surface area contributed by atoms with E-state index in [-0.39, 0.29) is 18.1 Å². The molecule has 1 saturated carbocycles. The standard InChI is InChI=1S/C12H24N2O2/c1-14(2)12(7-5-8-12)10-13-11(16)6-3-4-9-15/h15H,3-10H2,1-2H3,(H,13,16). The maximum atomic E-state index is 11.5. The molecule has 0 aromatic carbocycles. The number of carbonyl (C=O) groups is 1. The van der Waals surface area contributed by atoms with Crippen molar-refractivity contribution in [1.82, 2.24) is 10.2 Å². The number of carbonyl (C=O) groups excluding carboxylic acids is 1. The van der Waals surface area contributed by atoms with E-state index in [9.17, 15) is 4.79 Å². The number of aliphatic hydroxyl groups excluding tert-OH is 1. The van der Waals surface area contributed by atoms with Crippen LogP contribution in [0.5, 0.6) is 0 Å². The third-order valence-electron chi connectivity index (χ3n) is 3.66. The molecule has 0 spiro atoms. The summed E-state index contributed by atoms with van der Waals surface area (Å²) in [7, 11) is 4.16. The third-order valence-corrected chi connectivity index (χ3v) is 3.66. The maximum Gasteiger partial charge on any atom is 0.220 e. The van der Waals surface area contributed by atoms with E-state index in [1.165, 1.54) is 19.3 Å². The van der Waals surface area contributed by atoms with Crippen molar-refractivity contribution < 1.29 is 9.90 Å². The summed E-state index contributed by atoms with van der Waals surface area (Å²) in [6.07, 6.45) is 5.64. The van der Waals surface area contributed by atoms with Crippen LogP contribution < -0.4 is 5.32 Å². The molecule has 1 aliphatic carbocycles. The molecule has 1 amide bonds. The lowest BCUT2D eigenvalue weighted by Gasteiger charge is -2.47. The van der Waals surface area contributed by atoms with Crippen LogP contribution in [0.2, 0.25) is 0 Å². The zero-order chi connectivity index (χ0) is 12.0. The summed E-state index contributed by atoms with van der Waals surface area (Å²) < 4.78 is 0. The molecule has 4 nitrogen and oxygen atoms in total. The second kappa shape index (κ2) is 6.21. The van der Waals surface area contributed by atoms with Crippen LogP contribution in [0, 0.1) is 0 Å². The molecule has 0 aromatic rings. The number of rotatable bonds is 7. The molecule has 0 saturated heterocycles. The molecule has 16 heavy (non-hydrogen) atoms. The van der Waals surface area contributed by atoms with Crippen LogP contribution in [0.25, 0.3) is 0 Å². The second-order valence-electron chi connectivity index (χ2n) is 4.93. The Labute approximate surface area is 98.0 Å². The van der Waals surface area contributed by atoms with Gasteiger partial charge in [0.05, 0.1) is 0 Å². The van der Waals surface area contributed by atoms with Crippen LogP contribution in [0.4, 0.5) is 0 Å². The lowest BCUT2D eigenvalue weighted by atomic mass is 9.75. The third kappa shape index (κ3) is 3.46. The van der Waals surface area contributed by atoms with Crippen LogP contribution in [0.3, 0.4) is 0 Å². The summed E-state index contributed by atoms with van der Waals surface area (Å²) in [5, 5.41) is 11.6. The molecule has 2 N–H and O–H groups in total. The zero-order valence-corrected chi connectivity index (χ0v) is 10.5. The van der Waals surface area contributed by atoms with Gasteiger partial charge in [-0.15, -0.1) is 0 Å². The number of unbranched alkanes of at least 4 members (excludes halogenated alkanes) is 1. The fraction of sp³-hybridized carbons (Fsp3) is 0.917. The van der Waals surface area contributed by atoms with E-state index in [0.717, 1.165) is 13.0 Å². The normalized spacial score (nSPS) is 18.2. The molecule has 1 aliphatic rings. The minimum Gasteiger partial charge on any atom is -0.396 e. The van der Waals surface area contributed by atoms with Crippen molar-refractivity contribution in [3.05, 3.63) is 0 Å². The summed E-state index contributed by atoms with van der Waals surface area (Å²) in [6, 6.07) is 0. The quantitative estimate of drug-likeness (QED) is 0.632. The monoisotopic (exact) mass is 228 g/mol. The predicted molar refractivity (Wildman–Crippen MR) is 64.2 cm³/mol. The van der Waals surface area contributed by atoms with Gasteiger partial charge >= 0.3 is 0 Å². The van der Waals surface area contributed by atoms with Gasteiger partial charge in [0, 0.05) is 25.1 Å². The lowest BCUT2D eigenvalue weighted by Crippen LogP contribution is -2.57. The first-order chi connectivity index (χ1) is 7.60. The van der Waals surface area contributed by atoms with E-state index in [4.69, 9.17) is 5.11 Å². The Kier molecular flexibility index (Phi) is 5.22.